The first kappa shape index (κ1) is 21.6. The van der Waals surface area contributed by atoms with Gasteiger partial charge in [0.25, 0.3) is 5.56 Å². The molecule has 6 heteroatoms. The number of rotatable bonds is 4. The summed E-state index contributed by atoms with van der Waals surface area (Å²) in [5, 5.41) is 0. The van der Waals surface area contributed by atoms with Crippen molar-refractivity contribution in [2.24, 2.45) is 4.99 Å². The molecule has 0 bridgehead atoms. The molecule has 0 radical (unpaired) electrons. The second-order valence-corrected chi connectivity index (χ2v) is 9.64. The van der Waals surface area contributed by atoms with Gasteiger partial charge in [0, 0.05) is 11.1 Å². The highest BCUT2D eigenvalue weighted by molar-refractivity contribution is 7.07. The number of nitrogens with zero attached hydrogens (tertiary/aromatic N) is 2. The van der Waals surface area contributed by atoms with E-state index in [1.54, 1.807) is 14.2 Å². The molecule has 35 heavy (non-hydrogen) atoms. The second-order valence-electron chi connectivity index (χ2n) is 8.63. The molecule has 3 aromatic carbocycles. The predicted octanol–water partition coefficient (Wildman–Crippen LogP) is 4.34. The van der Waals surface area contributed by atoms with Crippen molar-refractivity contribution in [2.45, 2.75) is 18.9 Å². The van der Waals surface area contributed by atoms with E-state index in [2.05, 4.69) is 30.3 Å². The van der Waals surface area contributed by atoms with Gasteiger partial charge >= 0.3 is 0 Å². The first-order valence-corrected chi connectivity index (χ1v) is 12.4. The van der Waals surface area contributed by atoms with Crippen molar-refractivity contribution in [3.05, 3.63) is 120 Å². The van der Waals surface area contributed by atoms with Gasteiger partial charge < -0.3 is 9.47 Å². The molecular weight excluding hydrogens is 456 g/mol. The average Bonchev–Trinajstić information content (AvgIpc) is 3.22. The van der Waals surface area contributed by atoms with Gasteiger partial charge in [0.15, 0.2) is 4.80 Å². The number of thiazole rings is 1. The van der Waals surface area contributed by atoms with E-state index in [1.165, 1.54) is 16.9 Å². The molecule has 0 spiro atoms. The Morgan fingerprint density at radius 3 is 2.51 bits per heavy atom. The van der Waals surface area contributed by atoms with Crippen LogP contribution < -0.4 is 24.4 Å². The minimum atomic E-state index is -0.260. The van der Waals surface area contributed by atoms with Crippen molar-refractivity contribution in [3.63, 3.8) is 0 Å². The molecule has 2 aliphatic rings. The Balaban J connectivity index is 1.61. The summed E-state index contributed by atoms with van der Waals surface area (Å²) in [6, 6.07) is 23.9. The maximum Gasteiger partial charge on any atom is 0.271 e. The van der Waals surface area contributed by atoms with E-state index in [1.807, 2.05) is 53.1 Å². The van der Waals surface area contributed by atoms with Crippen molar-refractivity contribution >= 4 is 23.1 Å². The number of aromatic nitrogens is 1. The molecule has 1 aliphatic heterocycles. The SMILES string of the molecule is COc1ccc(C=c2sc3n(c2=O)C(c2ccccc2OC)C2=C(N=3)c3ccccc3CC2)cc1. The lowest BCUT2D eigenvalue weighted by Gasteiger charge is -2.31. The fourth-order valence-corrected chi connectivity index (χ4v) is 6.04. The van der Waals surface area contributed by atoms with Gasteiger partial charge in [-0.2, -0.15) is 0 Å². The van der Waals surface area contributed by atoms with Crippen LogP contribution >= 0.6 is 11.3 Å². The van der Waals surface area contributed by atoms with Crippen LogP contribution in [0.3, 0.4) is 0 Å². The molecule has 1 aromatic heterocycles. The lowest BCUT2D eigenvalue weighted by Crippen LogP contribution is -2.38. The number of ether oxygens (including phenoxy) is 2. The van der Waals surface area contributed by atoms with Crippen molar-refractivity contribution in [1.82, 2.24) is 4.57 Å². The summed E-state index contributed by atoms with van der Waals surface area (Å²) in [4.78, 5) is 19.6. The van der Waals surface area contributed by atoms with Gasteiger partial charge in [0.1, 0.15) is 11.5 Å². The summed E-state index contributed by atoms with van der Waals surface area (Å²) in [6.07, 6.45) is 3.70. The summed E-state index contributed by atoms with van der Waals surface area (Å²) < 4.78 is 13.5. The third-order valence-corrected chi connectivity index (χ3v) is 7.70. The van der Waals surface area contributed by atoms with Crippen LogP contribution in [-0.4, -0.2) is 18.8 Å². The summed E-state index contributed by atoms with van der Waals surface area (Å²) in [7, 11) is 3.32. The Bertz CT molecular complexity index is 1640. The van der Waals surface area contributed by atoms with Gasteiger partial charge in [0.05, 0.1) is 30.5 Å². The highest BCUT2D eigenvalue weighted by Crippen LogP contribution is 2.43. The van der Waals surface area contributed by atoms with Crippen LogP contribution in [0.4, 0.5) is 0 Å². The highest BCUT2D eigenvalue weighted by Gasteiger charge is 2.33. The van der Waals surface area contributed by atoms with E-state index in [0.29, 0.717) is 9.33 Å². The number of hydrogen-bond donors (Lipinski definition) is 0. The highest BCUT2D eigenvalue weighted by atomic mass is 32.1. The van der Waals surface area contributed by atoms with Gasteiger partial charge in [0.2, 0.25) is 0 Å². The number of allylic oxidation sites excluding steroid dienone is 1. The zero-order chi connectivity index (χ0) is 23.9. The van der Waals surface area contributed by atoms with E-state index >= 15 is 0 Å². The third kappa shape index (κ3) is 3.61. The van der Waals surface area contributed by atoms with Gasteiger partial charge in [-0.05, 0) is 53.8 Å². The predicted molar refractivity (Wildman–Crippen MR) is 139 cm³/mol. The zero-order valence-electron chi connectivity index (χ0n) is 19.5. The summed E-state index contributed by atoms with van der Waals surface area (Å²) in [5.41, 5.74) is 6.49. The summed E-state index contributed by atoms with van der Waals surface area (Å²) in [6.45, 7) is 0. The molecule has 0 saturated heterocycles. The molecule has 0 amide bonds. The van der Waals surface area contributed by atoms with E-state index in [4.69, 9.17) is 14.5 Å². The van der Waals surface area contributed by atoms with Crippen LogP contribution in [0, 0.1) is 0 Å². The molecule has 5 nitrogen and oxygen atoms in total. The topological polar surface area (TPSA) is 52.8 Å². The largest absolute Gasteiger partial charge is 0.497 e. The van der Waals surface area contributed by atoms with Gasteiger partial charge in [-0.25, -0.2) is 4.99 Å². The van der Waals surface area contributed by atoms with Crippen LogP contribution in [-0.2, 0) is 6.42 Å². The standard InChI is InChI=1S/C29H24N2O3S/c1-33-20-14-11-18(12-15-20)17-25-28(32)31-27(22-9-5-6-10-24(22)34-2)23-16-13-19-7-3-4-8-21(19)26(23)30-29(31)35-25/h3-12,14-15,17,27H,13,16H2,1-2H3. The molecule has 174 valence electrons. The number of fused-ring (bicyclic) bond motifs is 3. The molecule has 0 N–H and O–H groups in total. The van der Waals surface area contributed by atoms with Crippen molar-refractivity contribution in [3.8, 4) is 11.5 Å². The van der Waals surface area contributed by atoms with Gasteiger partial charge in [-0.3, -0.25) is 9.36 Å². The minimum Gasteiger partial charge on any atom is -0.497 e. The summed E-state index contributed by atoms with van der Waals surface area (Å²) in [5.74, 6) is 1.56. The minimum absolute atomic E-state index is 0.0362. The Hall–Kier alpha value is -3.90. The molecule has 6 rings (SSSR count). The molecule has 0 fully saturated rings. The molecule has 4 aromatic rings. The smallest absolute Gasteiger partial charge is 0.271 e. The molecule has 1 atom stereocenters. The van der Waals surface area contributed by atoms with Crippen molar-refractivity contribution in [2.75, 3.05) is 14.2 Å². The first-order valence-electron chi connectivity index (χ1n) is 11.6. The number of hydrogen-bond acceptors (Lipinski definition) is 5. The molecule has 2 heterocycles. The number of methoxy groups -OCH3 is 2. The maximum absolute atomic E-state index is 13.8. The first-order chi connectivity index (χ1) is 17.2. The van der Waals surface area contributed by atoms with Crippen LogP contribution in [0.2, 0.25) is 0 Å². The van der Waals surface area contributed by atoms with Crippen LogP contribution in [0.5, 0.6) is 11.5 Å². The molecule has 1 aliphatic carbocycles. The number of aryl methyl sites for hydroxylation is 1. The quantitative estimate of drug-likeness (QED) is 0.437. The molecule has 1 unspecified atom stereocenters. The average molecular weight is 481 g/mol. The van der Waals surface area contributed by atoms with Crippen LogP contribution in [0.25, 0.3) is 11.8 Å². The maximum atomic E-state index is 13.8. The normalized spacial score (nSPS) is 16.7. The third-order valence-electron chi connectivity index (χ3n) is 6.72. The van der Waals surface area contributed by atoms with Crippen LogP contribution in [0.1, 0.15) is 34.7 Å². The Kier molecular flexibility index (Phi) is 5.38. The number of benzene rings is 3. The van der Waals surface area contributed by atoms with Crippen molar-refractivity contribution in [1.29, 1.82) is 0 Å². The van der Waals surface area contributed by atoms with E-state index in [-0.39, 0.29) is 11.6 Å². The van der Waals surface area contributed by atoms with Crippen LogP contribution in [0.15, 0.2) is 88.2 Å². The van der Waals surface area contributed by atoms with Gasteiger partial charge in [-0.15, -0.1) is 0 Å². The Labute approximate surface area is 206 Å². The lowest BCUT2D eigenvalue weighted by atomic mass is 9.83. The van der Waals surface area contributed by atoms with E-state index in [9.17, 15) is 4.79 Å². The zero-order valence-corrected chi connectivity index (χ0v) is 20.3. The summed E-state index contributed by atoms with van der Waals surface area (Å²) >= 11 is 1.43. The molecular formula is C29H24N2O3S. The second kappa shape index (κ2) is 8.71. The van der Waals surface area contributed by atoms with Crippen molar-refractivity contribution < 1.29 is 9.47 Å². The lowest BCUT2D eigenvalue weighted by molar-refractivity contribution is 0.402. The molecule has 0 saturated carbocycles. The fraction of sp³-hybridized carbons (Fsp3) is 0.172. The number of para-hydroxylation sites is 1. The van der Waals surface area contributed by atoms with E-state index < -0.39 is 0 Å². The fourth-order valence-electron chi connectivity index (χ4n) is 5.04. The van der Waals surface area contributed by atoms with Gasteiger partial charge in [-0.1, -0.05) is 65.9 Å². The Morgan fingerprint density at radius 2 is 1.71 bits per heavy atom. The monoisotopic (exact) mass is 480 g/mol. The Morgan fingerprint density at radius 1 is 0.943 bits per heavy atom. The van der Waals surface area contributed by atoms with E-state index in [0.717, 1.165) is 52.3 Å².